The quantitative estimate of drug-likeness (QED) is 0.778. The second kappa shape index (κ2) is 7.14. The summed E-state index contributed by atoms with van der Waals surface area (Å²) in [4.78, 5) is 17.1. The van der Waals surface area contributed by atoms with Gasteiger partial charge in [0.05, 0.1) is 17.8 Å². The number of nitrogens with zero attached hydrogens (tertiary/aromatic N) is 3. The molecule has 164 valence electrons. The summed E-state index contributed by atoms with van der Waals surface area (Å²) in [5, 5.41) is 7.26. The average molecular weight is 430 g/mol. The van der Waals surface area contributed by atoms with Crippen LogP contribution >= 0.6 is 0 Å². The molecule has 3 aliphatic rings. The standard InChI is InChI=1S/C23H25F3N4O/c1-13(2)29-11-18-20(12-29)27-28-21(18)22(31)30-9-15-7-14(8-16(15)10-30)17-5-3-4-6-19(17)23(24,25)26/h3-6,14-16H,1,7-12H2,2H3,(H,27,28)/t14?,15-,16+. The minimum atomic E-state index is -4.34. The second-order valence-electron chi connectivity index (χ2n) is 9.10. The molecule has 1 aliphatic carbocycles. The molecule has 1 saturated carbocycles. The van der Waals surface area contributed by atoms with Gasteiger partial charge in [0.15, 0.2) is 5.69 Å². The molecule has 1 aromatic carbocycles. The maximum atomic E-state index is 13.4. The first-order chi connectivity index (χ1) is 14.7. The molecular weight excluding hydrogens is 405 g/mol. The van der Waals surface area contributed by atoms with Gasteiger partial charge in [-0.3, -0.25) is 9.89 Å². The smallest absolute Gasteiger partial charge is 0.365 e. The number of rotatable bonds is 3. The summed E-state index contributed by atoms with van der Waals surface area (Å²) in [5.41, 5.74) is 3.17. The lowest BCUT2D eigenvalue weighted by atomic mass is 9.91. The van der Waals surface area contributed by atoms with E-state index in [1.807, 2.05) is 11.8 Å². The first-order valence-electron chi connectivity index (χ1n) is 10.6. The van der Waals surface area contributed by atoms with Crippen molar-refractivity contribution in [1.82, 2.24) is 20.0 Å². The molecule has 0 radical (unpaired) electrons. The van der Waals surface area contributed by atoms with E-state index in [9.17, 15) is 18.0 Å². The molecule has 2 fully saturated rings. The highest BCUT2D eigenvalue weighted by molar-refractivity contribution is 5.94. The van der Waals surface area contributed by atoms with Crippen LogP contribution in [0.5, 0.6) is 0 Å². The van der Waals surface area contributed by atoms with Crippen LogP contribution in [0.3, 0.4) is 0 Å². The lowest BCUT2D eigenvalue weighted by Gasteiger charge is -2.21. The van der Waals surface area contributed by atoms with Gasteiger partial charge in [-0.05, 0) is 49.1 Å². The van der Waals surface area contributed by atoms with Crippen molar-refractivity contribution in [2.45, 2.75) is 44.9 Å². The summed E-state index contributed by atoms with van der Waals surface area (Å²) < 4.78 is 40.3. The van der Waals surface area contributed by atoms with Gasteiger partial charge in [-0.1, -0.05) is 24.8 Å². The summed E-state index contributed by atoms with van der Waals surface area (Å²) in [6, 6.07) is 5.91. The lowest BCUT2D eigenvalue weighted by molar-refractivity contribution is -0.138. The molecule has 1 saturated heterocycles. The van der Waals surface area contributed by atoms with Crippen molar-refractivity contribution in [3.05, 3.63) is 64.6 Å². The predicted molar refractivity (Wildman–Crippen MR) is 109 cm³/mol. The van der Waals surface area contributed by atoms with Crippen LogP contribution in [0.15, 0.2) is 36.5 Å². The highest BCUT2D eigenvalue weighted by Crippen LogP contribution is 2.49. The first-order valence-corrected chi connectivity index (χ1v) is 10.6. The third kappa shape index (κ3) is 3.42. The highest BCUT2D eigenvalue weighted by Gasteiger charge is 2.45. The second-order valence-corrected chi connectivity index (χ2v) is 9.10. The van der Waals surface area contributed by atoms with Gasteiger partial charge in [0.25, 0.3) is 5.91 Å². The van der Waals surface area contributed by atoms with Gasteiger partial charge in [-0.25, -0.2) is 0 Å². The van der Waals surface area contributed by atoms with Gasteiger partial charge < -0.3 is 9.80 Å². The number of hydrogen-bond acceptors (Lipinski definition) is 3. The molecule has 2 aliphatic heterocycles. The average Bonchev–Trinajstić information content (AvgIpc) is 3.45. The van der Waals surface area contributed by atoms with Crippen LogP contribution in [-0.4, -0.2) is 39.0 Å². The minimum absolute atomic E-state index is 0.0808. The van der Waals surface area contributed by atoms with E-state index >= 15 is 0 Å². The number of likely N-dealkylation sites (tertiary alicyclic amines) is 1. The molecule has 31 heavy (non-hydrogen) atoms. The molecule has 0 bridgehead atoms. The Bertz CT molecular complexity index is 1030. The number of amides is 1. The fourth-order valence-corrected chi connectivity index (χ4v) is 5.57. The van der Waals surface area contributed by atoms with Crippen molar-refractivity contribution in [3.63, 3.8) is 0 Å². The van der Waals surface area contributed by atoms with Gasteiger partial charge in [0.1, 0.15) is 0 Å². The van der Waals surface area contributed by atoms with E-state index in [1.165, 1.54) is 12.1 Å². The maximum absolute atomic E-state index is 13.4. The van der Waals surface area contributed by atoms with Gasteiger partial charge >= 0.3 is 6.18 Å². The number of benzene rings is 1. The molecular formula is C23H25F3N4O. The topological polar surface area (TPSA) is 52.2 Å². The summed E-state index contributed by atoms with van der Waals surface area (Å²) in [5.74, 6) is 0.273. The van der Waals surface area contributed by atoms with Crippen LogP contribution in [0, 0.1) is 11.8 Å². The number of allylic oxidation sites excluding steroid dienone is 1. The number of alkyl halides is 3. The zero-order valence-electron chi connectivity index (χ0n) is 17.4. The predicted octanol–water partition coefficient (Wildman–Crippen LogP) is 4.54. The van der Waals surface area contributed by atoms with Crippen LogP contribution < -0.4 is 0 Å². The molecule has 8 heteroatoms. The molecule has 1 N–H and O–H groups in total. The molecule has 3 heterocycles. The van der Waals surface area contributed by atoms with E-state index in [1.54, 1.807) is 12.1 Å². The van der Waals surface area contributed by atoms with Crippen LogP contribution in [0.25, 0.3) is 0 Å². The molecule has 1 unspecified atom stereocenters. The van der Waals surface area contributed by atoms with Crippen LogP contribution in [-0.2, 0) is 19.3 Å². The van der Waals surface area contributed by atoms with Crippen LogP contribution in [0.1, 0.15) is 58.6 Å². The number of carbonyl (C=O) groups excluding carboxylic acids is 1. The zero-order valence-corrected chi connectivity index (χ0v) is 17.4. The largest absolute Gasteiger partial charge is 0.416 e. The van der Waals surface area contributed by atoms with Crippen molar-refractivity contribution < 1.29 is 18.0 Å². The van der Waals surface area contributed by atoms with E-state index in [4.69, 9.17) is 0 Å². The monoisotopic (exact) mass is 430 g/mol. The molecule has 5 nitrogen and oxygen atoms in total. The lowest BCUT2D eigenvalue weighted by Crippen LogP contribution is -2.31. The Morgan fingerprint density at radius 1 is 1.13 bits per heavy atom. The molecule has 5 rings (SSSR count). The Hall–Kier alpha value is -2.77. The molecule has 0 spiro atoms. The van der Waals surface area contributed by atoms with Gasteiger partial charge in [-0.15, -0.1) is 0 Å². The number of aromatic amines is 1. The van der Waals surface area contributed by atoms with Gasteiger partial charge in [0, 0.05) is 30.9 Å². The number of carbonyl (C=O) groups is 1. The number of H-pyrrole nitrogens is 1. The van der Waals surface area contributed by atoms with Gasteiger partial charge in [0.2, 0.25) is 0 Å². The third-order valence-corrected chi connectivity index (χ3v) is 7.14. The van der Waals surface area contributed by atoms with Gasteiger partial charge in [-0.2, -0.15) is 18.3 Å². The summed E-state index contributed by atoms with van der Waals surface area (Å²) in [7, 11) is 0. The van der Waals surface area contributed by atoms with Crippen molar-refractivity contribution in [3.8, 4) is 0 Å². The Morgan fingerprint density at radius 2 is 1.81 bits per heavy atom. The van der Waals surface area contributed by atoms with E-state index in [2.05, 4.69) is 21.7 Å². The number of nitrogens with one attached hydrogen (secondary N) is 1. The molecule has 2 aromatic rings. The van der Waals surface area contributed by atoms with Crippen molar-refractivity contribution in [2.24, 2.45) is 11.8 Å². The summed E-state index contributed by atoms with van der Waals surface area (Å²) in [6.45, 7) is 8.38. The summed E-state index contributed by atoms with van der Waals surface area (Å²) >= 11 is 0. The van der Waals surface area contributed by atoms with Crippen LogP contribution in [0.4, 0.5) is 13.2 Å². The fraction of sp³-hybridized carbons (Fsp3) is 0.478. The number of aromatic nitrogens is 2. The number of fused-ring (bicyclic) bond motifs is 2. The van der Waals surface area contributed by atoms with E-state index in [0.29, 0.717) is 50.3 Å². The van der Waals surface area contributed by atoms with Crippen molar-refractivity contribution in [2.75, 3.05) is 13.1 Å². The normalized spacial score (nSPS) is 25.1. The SMILES string of the molecule is C=C(C)N1Cc2[nH]nc(C(=O)N3C[C@H]4CC(c5ccccc5C(F)(F)F)C[C@H]4C3)c2C1. The highest BCUT2D eigenvalue weighted by atomic mass is 19.4. The van der Waals surface area contributed by atoms with Crippen LogP contribution in [0.2, 0.25) is 0 Å². The fourth-order valence-electron chi connectivity index (χ4n) is 5.57. The Kier molecular flexibility index (Phi) is 4.64. The number of hydrogen-bond donors (Lipinski definition) is 1. The van der Waals surface area contributed by atoms with E-state index in [-0.39, 0.29) is 23.7 Å². The maximum Gasteiger partial charge on any atom is 0.416 e. The van der Waals surface area contributed by atoms with E-state index < -0.39 is 11.7 Å². The molecule has 1 aromatic heterocycles. The van der Waals surface area contributed by atoms with E-state index in [0.717, 1.165) is 17.0 Å². The molecule has 3 atom stereocenters. The summed E-state index contributed by atoms with van der Waals surface area (Å²) in [6.07, 6.45) is -2.97. The van der Waals surface area contributed by atoms with Crippen molar-refractivity contribution in [1.29, 1.82) is 0 Å². The Morgan fingerprint density at radius 3 is 2.45 bits per heavy atom. The Labute approximate surface area is 178 Å². The van der Waals surface area contributed by atoms with Crippen molar-refractivity contribution >= 4 is 5.91 Å². The zero-order chi connectivity index (χ0) is 21.9. The number of halogens is 3. The molecule has 1 amide bonds. The third-order valence-electron chi connectivity index (χ3n) is 7.14. The first kappa shape index (κ1) is 20.2. The minimum Gasteiger partial charge on any atom is -0.365 e. The Balaban J connectivity index is 1.28.